The minimum absolute atomic E-state index is 0.195. The molecule has 0 bridgehead atoms. The topological polar surface area (TPSA) is 69.6 Å². The Hall–Kier alpha value is -1.56. The van der Waals surface area contributed by atoms with Crippen molar-refractivity contribution in [3.63, 3.8) is 0 Å². The van der Waals surface area contributed by atoms with Crippen LogP contribution in [0.2, 0.25) is 0 Å². The minimum Gasteiger partial charge on any atom is -0.481 e. The van der Waals surface area contributed by atoms with Crippen LogP contribution in [-0.4, -0.2) is 35.1 Å². The molecule has 6 heteroatoms. The van der Waals surface area contributed by atoms with Crippen LogP contribution in [-0.2, 0) is 11.3 Å². The molecule has 21 heavy (non-hydrogen) atoms. The van der Waals surface area contributed by atoms with Crippen LogP contribution in [0, 0.1) is 5.92 Å². The molecule has 1 fully saturated rings. The van der Waals surface area contributed by atoms with Gasteiger partial charge in [-0.05, 0) is 35.2 Å². The van der Waals surface area contributed by atoms with Gasteiger partial charge in [0.25, 0.3) is 0 Å². The van der Waals surface area contributed by atoms with Gasteiger partial charge in [0.05, 0.1) is 5.92 Å². The van der Waals surface area contributed by atoms with E-state index in [0.29, 0.717) is 13.0 Å². The molecule has 2 N–H and O–H groups in total. The highest BCUT2D eigenvalue weighted by Crippen LogP contribution is 2.24. The number of carboxylic acids is 1. The van der Waals surface area contributed by atoms with E-state index >= 15 is 0 Å². The van der Waals surface area contributed by atoms with Gasteiger partial charge in [0.1, 0.15) is 0 Å². The monoisotopic (exact) mass is 310 g/mol. The molecule has 0 aliphatic heterocycles. The second-order valence-corrected chi connectivity index (χ2v) is 6.41. The molecular weight excluding hydrogens is 288 g/mol. The Balaban J connectivity index is 1.94. The normalized spacial score (nSPS) is 22.3. The van der Waals surface area contributed by atoms with Gasteiger partial charge in [0, 0.05) is 19.6 Å². The van der Waals surface area contributed by atoms with Crippen molar-refractivity contribution in [2.24, 2.45) is 5.92 Å². The van der Waals surface area contributed by atoms with Gasteiger partial charge in [-0.3, -0.25) is 4.79 Å². The summed E-state index contributed by atoms with van der Waals surface area (Å²) in [5, 5.41) is 16.2. The van der Waals surface area contributed by atoms with Crippen molar-refractivity contribution in [1.29, 1.82) is 0 Å². The Kier molecular flexibility index (Phi) is 5.61. The van der Waals surface area contributed by atoms with Crippen LogP contribution in [0.5, 0.6) is 0 Å². The number of carbonyl (C=O) groups is 2. The maximum Gasteiger partial charge on any atom is 0.317 e. The third kappa shape index (κ3) is 4.46. The average molecular weight is 310 g/mol. The minimum atomic E-state index is -0.803. The van der Waals surface area contributed by atoms with Crippen LogP contribution in [0.1, 0.15) is 37.7 Å². The molecule has 2 unspecified atom stereocenters. The molecule has 116 valence electrons. The Morgan fingerprint density at radius 2 is 2.14 bits per heavy atom. The van der Waals surface area contributed by atoms with Crippen molar-refractivity contribution in [2.75, 3.05) is 7.05 Å². The van der Waals surface area contributed by atoms with Gasteiger partial charge in [0.2, 0.25) is 0 Å². The molecule has 1 saturated carbocycles. The number of rotatable bonds is 4. The molecular formula is C15H22N2O3S. The van der Waals surface area contributed by atoms with Crippen LogP contribution in [0.15, 0.2) is 16.8 Å². The fraction of sp³-hybridized carbons (Fsp3) is 0.600. The lowest BCUT2D eigenvalue weighted by molar-refractivity contribution is -0.142. The number of urea groups is 1. The predicted molar refractivity (Wildman–Crippen MR) is 82.3 cm³/mol. The number of aliphatic carboxylic acids is 1. The fourth-order valence-electron chi connectivity index (χ4n) is 2.77. The van der Waals surface area contributed by atoms with Crippen molar-refractivity contribution in [3.05, 3.63) is 22.4 Å². The van der Waals surface area contributed by atoms with E-state index in [1.807, 2.05) is 16.8 Å². The van der Waals surface area contributed by atoms with Crippen molar-refractivity contribution in [2.45, 2.75) is 44.7 Å². The molecule has 5 nitrogen and oxygen atoms in total. The first-order valence-corrected chi connectivity index (χ1v) is 8.27. The second kappa shape index (κ2) is 7.45. The fourth-order valence-corrected chi connectivity index (χ4v) is 3.43. The van der Waals surface area contributed by atoms with Crippen LogP contribution in [0.25, 0.3) is 0 Å². The number of hydrogen-bond acceptors (Lipinski definition) is 3. The van der Waals surface area contributed by atoms with Crippen LogP contribution in [0.3, 0.4) is 0 Å². The number of nitrogens with zero attached hydrogens (tertiary/aromatic N) is 1. The number of hydrogen-bond donors (Lipinski definition) is 2. The SMILES string of the molecule is CN(Cc1ccsc1)C(=O)NC1CCCCCC1C(=O)O. The van der Waals surface area contributed by atoms with E-state index in [4.69, 9.17) is 0 Å². The van der Waals surface area contributed by atoms with E-state index in [0.717, 1.165) is 31.2 Å². The molecule has 2 rings (SSSR count). The smallest absolute Gasteiger partial charge is 0.317 e. The third-order valence-corrected chi connectivity index (χ3v) is 4.72. The summed E-state index contributed by atoms with van der Waals surface area (Å²) in [5.41, 5.74) is 1.09. The summed E-state index contributed by atoms with van der Waals surface area (Å²) in [7, 11) is 1.74. The Labute approximate surface area is 129 Å². The van der Waals surface area contributed by atoms with Gasteiger partial charge in [-0.2, -0.15) is 11.3 Å². The zero-order valence-electron chi connectivity index (χ0n) is 12.2. The van der Waals surface area contributed by atoms with Crippen molar-refractivity contribution in [1.82, 2.24) is 10.2 Å². The Bertz CT molecular complexity index is 475. The van der Waals surface area contributed by atoms with Gasteiger partial charge >= 0.3 is 12.0 Å². The van der Waals surface area contributed by atoms with Crippen LogP contribution in [0.4, 0.5) is 4.79 Å². The van der Waals surface area contributed by atoms with E-state index in [-0.39, 0.29) is 12.1 Å². The number of thiophene rings is 1. The van der Waals surface area contributed by atoms with E-state index in [1.54, 1.807) is 23.3 Å². The summed E-state index contributed by atoms with van der Waals surface area (Å²) in [6, 6.07) is 1.53. The standard InChI is InChI=1S/C15H22N2O3S/c1-17(9-11-7-8-21-10-11)15(20)16-13-6-4-2-3-5-12(13)14(18)19/h7-8,10,12-13H,2-6,9H2,1H3,(H,16,20)(H,18,19). The Morgan fingerprint density at radius 3 is 2.81 bits per heavy atom. The van der Waals surface area contributed by atoms with Crippen molar-refractivity contribution < 1.29 is 14.7 Å². The van der Waals surface area contributed by atoms with E-state index in [9.17, 15) is 14.7 Å². The number of carboxylic acid groups (broad SMARTS) is 1. The summed E-state index contributed by atoms with van der Waals surface area (Å²) in [6.07, 6.45) is 4.33. The van der Waals surface area contributed by atoms with Crippen molar-refractivity contribution in [3.8, 4) is 0 Å². The number of carbonyl (C=O) groups excluding carboxylic acids is 1. The molecule has 2 amide bonds. The highest BCUT2D eigenvalue weighted by molar-refractivity contribution is 7.07. The number of amides is 2. The second-order valence-electron chi connectivity index (χ2n) is 5.63. The molecule has 1 aromatic rings. The van der Waals surface area contributed by atoms with Crippen LogP contribution < -0.4 is 5.32 Å². The Morgan fingerprint density at radius 1 is 1.38 bits per heavy atom. The molecule has 0 spiro atoms. The molecule has 2 atom stereocenters. The summed E-state index contributed by atoms with van der Waals surface area (Å²) in [5.74, 6) is -1.27. The quantitative estimate of drug-likeness (QED) is 0.840. The first-order chi connectivity index (χ1) is 10.1. The average Bonchev–Trinajstić information content (AvgIpc) is 2.83. The zero-order chi connectivity index (χ0) is 15.2. The molecule has 1 aromatic heterocycles. The molecule has 1 aliphatic carbocycles. The summed E-state index contributed by atoms with van der Waals surface area (Å²) in [6.45, 7) is 0.541. The van der Waals surface area contributed by atoms with E-state index in [1.165, 1.54) is 0 Å². The van der Waals surface area contributed by atoms with Gasteiger partial charge in [0.15, 0.2) is 0 Å². The van der Waals surface area contributed by atoms with Gasteiger partial charge in [-0.1, -0.05) is 19.3 Å². The lowest BCUT2D eigenvalue weighted by atomic mass is 9.95. The number of nitrogens with one attached hydrogen (secondary N) is 1. The maximum absolute atomic E-state index is 12.2. The zero-order valence-corrected chi connectivity index (χ0v) is 13.1. The van der Waals surface area contributed by atoms with Crippen LogP contribution >= 0.6 is 11.3 Å². The van der Waals surface area contributed by atoms with Gasteiger partial charge in [-0.15, -0.1) is 0 Å². The lowest BCUT2D eigenvalue weighted by Gasteiger charge is -2.26. The predicted octanol–water partition coefficient (Wildman–Crippen LogP) is 2.92. The third-order valence-electron chi connectivity index (χ3n) is 3.99. The molecule has 0 saturated heterocycles. The van der Waals surface area contributed by atoms with E-state index < -0.39 is 11.9 Å². The summed E-state index contributed by atoms with van der Waals surface area (Å²) >= 11 is 1.60. The molecule has 0 radical (unpaired) electrons. The summed E-state index contributed by atoms with van der Waals surface area (Å²) in [4.78, 5) is 25.2. The highest BCUT2D eigenvalue weighted by atomic mass is 32.1. The lowest BCUT2D eigenvalue weighted by Crippen LogP contribution is -2.47. The maximum atomic E-state index is 12.2. The first-order valence-electron chi connectivity index (χ1n) is 7.33. The first kappa shape index (κ1) is 15.8. The summed E-state index contributed by atoms with van der Waals surface area (Å²) < 4.78 is 0. The molecule has 1 heterocycles. The molecule has 0 aromatic carbocycles. The molecule has 1 aliphatic rings. The van der Waals surface area contributed by atoms with Gasteiger partial charge in [-0.25, -0.2) is 4.79 Å². The van der Waals surface area contributed by atoms with Gasteiger partial charge < -0.3 is 15.3 Å². The van der Waals surface area contributed by atoms with Crippen molar-refractivity contribution >= 4 is 23.3 Å². The largest absolute Gasteiger partial charge is 0.481 e. The highest BCUT2D eigenvalue weighted by Gasteiger charge is 2.31. The van der Waals surface area contributed by atoms with E-state index in [2.05, 4.69) is 5.32 Å².